The number of nitro groups is 1. The van der Waals surface area contributed by atoms with Crippen LogP contribution in [-0.4, -0.2) is 17.0 Å². The lowest BCUT2D eigenvalue weighted by Gasteiger charge is -2.48. The van der Waals surface area contributed by atoms with Gasteiger partial charge in [-0.1, -0.05) is 13.8 Å². The van der Waals surface area contributed by atoms with Crippen LogP contribution in [0.1, 0.15) is 46.0 Å². The van der Waals surface area contributed by atoms with Crippen LogP contribution in [0.3, 0.4) is 0 Å². The molecule has 1 aliphatic rings. The lowest BCUT2D eigenvalue weighted by Crippen LogP contribution is -2.51. The lowest BCUT2D eigenvalue weighted by molar-refractivity contribution is -0.385. The van der Waals surface area contributed by atoms with E-state index in [0.29, 0.717) is 5.69 Å². The van der Waals surface area contributed by atoms with E-state index in [1.54, 1.807) is 6.07 Å². The Bertz CT molecular complexity index is 504. The number of halogens is 1. The zero-order valence-electron chi connectivity index (χ0n) is 12.8. The summed E-state index contributed by atoms with van der Waals surface area (Å²) >= 11 is 0. The summed E-state index contributed by atoms with van der Waals surface area (Å²) in [5, 5.41) is 10.7. The zero-order chi connectivity index (χ0) is 14.8. The molecule has 0 aliphatic carbocycles. The van der Waals surface area contributed by atoms with Gasteiger partial charge in [-0.25, -0.2) is 4.39 Å². The van der Waals surface area contributed by atoms with E-state index in [1.165, 1.54) is 6.07 Å². The number of rotatable bonds is 4. The van der Waals surface area contributed by atoms with Gasteiger partial charge in [-0.3, -0.25) is 10.1 Å². The van der Waals surface area contributed by atoms with Crippen LogP contribution in [0.2, 0.25) is 0 Å². The van der Waals surface area contributed by atoms with Gasteiger partial charge in [-0.05, 0) is 38.2 Å². The predicted octanol–water partition coefficient (Wildman–Crippen LogP) is 4.45. The third kappa shape index (κ3) is 3.15. The first-order chi connectivity index (χ1) is 9.54. The third-order valence-electron chi connectivity index (χ3n) is 4.60. The number of benzene rings is 1. The summed E-state index contributed by atoms with van der Waals surface area (Å²) in [5.41, 5.74) is 0.288. The van der Waals surface area contributed by atoms with E-state index in [1.807, 2.05) is 0 Å². The van der Waals surface area contributed by atoms with Crippen molar-refractivity contribution in [2.45, 2.75) is 51.5 Å². The van der Waals surface area contributed by atoms with Crippen LogP contribution in [0.4, 0.5) is 15.8 Å². The van der Waals surface area contributed by atoms with Crippen molar-refractivity contribution >= 4 is 11.4 Å². The largest absolute Gasteiger partial charge is 0.364 e. The molecule has 0 unspecified atom stereocenters. The van der Waals surface area contributed by atoms with Gasteiger partial charge < -0.3 is 11.1 Å². The Labute approximate surface area is 124 Å². The van der Waals surface area contributed by atoms with E-state index in [-0.39, 0.29) is 17.4 Å². The quantitative estimate of drug-likeness (QED) is 0.657. The summed E-state index contributed by atoms with van der Waals surface area (Å²) in [6.07, 6.45) is 5.17. The highest BCUT2D eigenvalue weighted by atomic mass is 19.1. The number of nitro benzene ring substituents is 1. The average molecular weight is 297 g/mol. The maximum absolute atomic E-state index is 14.3. The van der Waals surface area contributed by atoms with Crippen molar-refractivity contribution in [3.05, 3.63) is 34.1 Å². The Balaban J connectivity index is 0.00000220. The van der Waals surface area contributed by atoms with Crippen molar-refractivity contribution in [2.75, 3.05) is 11.4 Å². The molecular weight excluding hydrogens is 273 g/mol. The summed E-state index contributed by atoms with van der Waals surface area (Å²) in [6.45, 7) is 5.08. The molecule has 6 heteroatoms. The zero-order valence-corrected chi connectivity index (χ0v) is 12.8. The molecule has 118 valence electrons. The van der Waals surface area contributed by atoms with Crippen LogP contribution in [0.5, 0.6) is 0 Å². The molecule has 0 bridgehead atoms. The van der Waals surface area contributed by atoms with Crippen molar-refractivity contribution in [1.82, 2.24) is 6.15 Å². The Morgan fingerprint density at radius 1 is 1.33 bits per heavy atom. The van der Waals surface area contributed by atoms with Gasteiger partial charge >= 0.3 is 0 Å². The molecule has 21 heavy (non-hydrogen) atoms. The maximum Gasteiger partial charge on any atom is 0.272 e. The normalized spacial score (nSPS) is 17.2. The number of hydrogen-bond acceptors (Lipinski definition) is 4. The minimum absolute atomic E-state index is 0. The summed E-state index contributed by atoms with van der Waals surface area (Å²) in [6, 6.07) is 3.97. The summed E-state index contributed by atoms with van der Waals surface area (Å²) in [7, 11) is 0. The highest BCUT2D eigenvalue weighted by Gasteiger charge is 2.37. The highest BCUT2D eigenvalue weighted by molar-refractivity contribution is 5.54. The monoisotopic (exact) mass is 297 g/mol. The fourth-order valence-corrected chi connectivity index (χ4v) is 3.29. The van der Waals surface area contributed by atoms with Crippen LogP contribution >= 0.6 is 0 Å². The van der Waals surface area contributed by atoms with Gasteiger partial charge in [0.15, 0.2) is 5.82 Å². The van der Waals surface area contributed by atoms with E-state index < -0.39 is 10.7 Å². The first-order valence-electron chi connectivity index (χ1n) is 7.25. The molecule has 0 spiro atoms. The summed E-state index contributed by atoms with van der Waals surface area (Å²) < 4.78 is 14.3. The molecule has 1 aromatic carbocycles. The second-order valence-corrected chi connectivity index (χ2v) is 5.43. The summed E-state index contributed by atoms with van der Waals surface area (Å²) in [4.78, 5) is 12.3. The van der Waals surface area contributed by atoms with Crippen molar-refractivity contribution in [2.24, 2.45) is 0 Å². The molecule has 0 aromatic heterocycles. The van der Waals surface area contributed by atoms with E-state index in [0.717, 1.165) is 44.7 Å². The average Bonchev–Trinajstić information content (AvgIpc) is 2.47. The minimum atomic E-state index is -0.560. The van der Waals surface area contributed by atoms with Gasteiger partial charge in [0, 0.05) is 18.2 Å². The molecule has 3 N–H and O–H groups in total. The van der Waals surface area contributed by atoms with E-state index in [9.17, 15) is 14.5 Å². The number of piperidine rings is 1. The molecule has 0 saturated carbocycles. The van der Waals surface area contributed by atoms with Crippen LogP contribution in [-0.2, 0) is 0 Å². The Morgan fingerprint density at radius 2 is 2.00 bits per heavy atom. The fourth-order valence-electron chi connectivity index (χ4n) is 3.29. The van der Waals surface area contributed by atoms with Gasteiger partial charge in [0.05, 0.1) is 16.7 Å². The van der Waals surface area contributed by atoms with Crippen molar-refractivity contribution in [3.63, 3.8) is 0 Å². The van der Waals surface area contributed by atoms with Crippen LogP contribution in [0, 0.1) is 15.9 Å². The Hall–Kier alpha value is -1.69. The second kappa shape index (κ2) is 6.85. The van der Waals surface area contributed by atoms with E-state index in [4.69, 9.17) is 0 Å². The summed E-state index contributed by atoms with van der Waals surface area (Å²) in [5.74, 6) is -0.493. The minimum Gasteiger partial charge on any atom is -0.364 e. The van der Waals surface area contributed by atoms with Gasteiger partial charge in [0.2, 0.25) is 0 Å². The van der Waals surface area contributed by atoms with Gasteiger partial charge in [-0.2, -0.15) is 0 Å². The topological polar surface area (TPSA) is 81.4 Å². The van der Waals surface area contributed by atoms with E-state index in [2.05, 4.69) is 18.7 Å². The van der Waals surface area contributed by atoms with E-state index >= 15 is 0 Å². The van der Waals surface area contributed by atoms with Crippen molar-refractivity contribution < 1.29 is 9.31 Å². The molecule has 1 saturated heterocycles. The smallest absolute Gasteiger partial charge is 0.272 e. The van der Waals surface area contributed by atoms with Gasteiger partial charge in [0.25, 0.3) is 5.69 Å². The molecule has 0 radical (unpaired) electrons. The molecule has 1 aromatic rings. The first kappa shape index (κ1) is 17.4. The standard InChI is InChI=1S/C15H21FN2O2.H3N/c1-3-15(4-2)9-5-6-10-17(15)14-8-7-12(18(19)20)11-13(14)16;/h7-8,11H,3-6,9-10H2,1-2H3;1H3. The van der Waals surface area contributed by atoms with Crippen LogP contribution in [0.15, 0.2) is 18.2 Å². The predicted molar refractivity (Wildman–Crippen MR) is 82.6 cm³/mol. The number of non-ortho nitro benzene ring substituents is 1. The molecular formula is C15H24FN3O2. The van der Waals surface area contributed by atoms with Crippen molar-refractivity contribution in [1.29, 1.82) is 0 Å². The van der Waals surface area contributed by atoms with Crippen molar-refractivity contribution in [3.8, 4) is 0 Å². The Kier molecular flexibility index (Phi) is 5.66. The van der Waals surface area contributed by atoms with Gasteiger partial charge in [0.1, 0.15) is 0 Å². The Morgan fingerprint density at radius 3 is 2.52 bits per heavy atom. The molecule has 1 fully saturated rings. The number of nitrogens with zero attached hydrogens (tertiary/aromatic N) is 2. The fraction of sp³-hybridized carbons (Fsp3) is 0.600. The number of hydrogen-bond donors (Lipinski definition) is 1. The molecule has 0 amide bonds. The van der Waals surface area contributed by atoms with Gasteiger partial charge in [-0.15, -0.1) is 0 Å². The molecule has 5 nitrogen and oxygen atoms in total. The lowest BCUT2D eigenvalue weighted by atomic mass is 9.81. The second-order valence-electron chi connectivity index (χ2n) is 5.43. The number of anilines is 1. The maximum atomic E-state index is 14.3. The highest BCUT2D eigenvalue weighted by Crippen LogP contribution is 2.39. The molecule has 1 heterocycles. The third-order valence-corrected chi connectivity index (χ3v) is 4.60. The molecule has 0 atom stereocenters. The molecule has 2 rings (SSSR count). The van der Waals surface area contributed by atoms with Crippen LogP contribution in [0.25, 0.3) is 0 Å². The van der Waals surface area contributed by atoms with Crippen LogP contribution < -0.4 is 11.1 Å². The SMILES string of the molecule is CCC1(CC)CCCCN1c1ccc([N+](=O)[O-])cc1F.N. The first-order valence-corrected chi connectivity index (χ1v) is 7.25. The molecule has 1 aliphatic heterocycles.